The molecule has 0 aliphatic carbocycles. The highest BCUT2D eigenvalue weighted by atomic mass is 19.1. The van der Waals surface area contributed by atoms with Gasteiger partial charge in [-0.15, -0.1) is 0 Å². The van der Waals surface area contributed by atoms with E-state index < -0.39 is 11.9 Å². The number of halogens is 1. The number of rotatable bonds is 10. The van der Waals surface area contributed by atoms with Crippen molar-refractivity contribution in [3.63, 3.8) is 0 Å². The summed E-state index contributed by atoms with van der Waals surface area (Å²) in [5, 5.41) is 2.85. The van der Waals surface area contributed by atoms with Gasteiger partial charge < -0.3 is 19.5 Å². The zero-order valence-electron chi connectivity index (χ0n) is 16.0. The van der Waals surface area contributed by atoms with Gasteiger partial charge in [0.25, 0.3) is 5.91 Å². The maximum atomic E-state index is 13.7. The predicted octanol–water partition coefficient (Wildman–Crippen LogP) is 3.75. The molecule has 27 heavy (non-hydrogen) atoms. The number of amides is 1. The monoisotopic (exact) mass is 375 g/mol. The molecule has 1 amide bonds. The Morgan fingerprint density at radius 1 is 1.07 bits per heavy atom. The fourth-order valence-electron chi connectivity index (χ4n) is 2.67. The van der Waals surface area contributed by atoms with Gasteiger partial charge in [0.2, 0.25) is 0 Å². The van der Waals surface area contributed by atoms with Gasteiger partial charge >= 0.3 is 0 Å². The fraction of sp³-hybridized carbons (Fsp3) is 0.381. The summed E-state index contributed by atoms with van der Waals surface area (Å²) in [6.07, 6.45) is 1.28. The van der Waals surface area contributed by atoms with Gasteiger partial charge in [-0.05, 0) is 49.1 Å². The first-order valence-corrected chi connectivity index (χ1v) is 8.98. The average Bonchev–Trinajstić information content (AvgIpc) is 2.70. The first-order chi connectivity index (χ1) is 13.1. The summed E-state index contributed by atoms with van der Waals surface area (Å²) in [6, 6.07) is 11.8. The Morgan fingerprint density at radius 2 is 1.81 bits per heavy atom. The molecular formula is C21H26FNO4. The molecule has 5 nitrogen and oxygen atoms in total. The molecule has 0 aliphatic heterocycles. The number of hydrogen-bond donors (Lipinski definition) is 1. The molecule has 0 aliphatic rings. The van der Waals surface area contributed by atoms with Crippen LogP contribution in [0.25, 0.3) is 0 Å². The van der Waals surface area contributed by atoms with Crippen molar-refractivity contribution >= 4 is 5.91 Å². The molecular weight excluding hydrogens is 349 g/mol. The Labute approximate surface area is 159 Å². The van der Waals surface area contributed by atoms with E-state index in [1.54, 1.807) is 26.4 Å². The molecule has 0 unspecified atom stereocenters. The van der Waals surface area contributed by atoms with Crippen LogP contribution in [0, 0.1) is 5.82 Å². The van der Waals surface area contributed by atoms with E-state index in [1.807, 2.05) is 25.1 Å². The first-order valence-electron chi connectivity index (χ1n) is 8.98. The van der Waals surface area contributed by atoms with Crippen molar-refractivity contribution in [3.05, 3.63) is 53.8 Å². The van der Waals surface area contributed by atoms with E-state index in [9.17, 15) is 9.18 Å². The highest BCUT2D eigenvalue weighted by molar-refractivity contribution is 5.81. The maximum absolute atomic E-state index is 13.7. The number of aryl methyl sites for hydroxylation is 1. The highest BCUT2D eigenvalue weighted by Crippen LogP contribution is 2.27. The molecule has 0 bridgehead atoms. The summed E-state index contributed by atoms with van der Waals surface area (Å²) in [4.78, 5) is 12.3. The van der Waals surface area contributed by atoms with Gasteiger partial charge in [-0.25, -0.2) is 4.39 Å². The Morgan fingerprint density at radius 3 is 2.48 bits per heavy atom. The van der Waals surface area contributed by atoms with E-state index in [1.165, 1.54) is 12.1 Å². The first kappa shape index (κ1) is 20.6. The Kier molecular flexibility index (Phi) is 7.92. The van der Waals surface area contributed by atoms with Crippen molar-refractivity contribution in [2.24, 2.45) is 0 Å². The van der Waals surface area contributed by atoms with Crippen LogP contribution in [0.15, 0.2) is 42.5 Å². The van der Waals surface area contributed by atoms with Crippen LogP contribution in [-0.4, -0.2) is 32.8 Å². The number of carbonyl (C=O) groups is 1. The molecule has 0 saturated heterocycles. The number of methoxy groups -OCH3 is 2. The summed E-state index contributed by atoms with van der Waals surface area (Å²) in [6.45, 7) is 2.33. The number of nitrogens with one attached hydrogen (secondary N) is 1. The van der Waals surface area contributed by atoms with Gasteiger partial charge in [0.15, 0.2) is 29.2 Å². The fourth-order valence-corrected chi connectivity index (χ4v) is 2.67. The third-order valence-electron chi connectivity index (χ3n) is 4.16. The molecule has 0 spiro atoms. The smallest absolute Gasteiger partial charge is 0.261 e. The highest BCUT2D eigenvalue weighted by Gasteiger charge is 2.19. The summed E-state index contributed by atoms with van der Waals surface area (Å²) >= 11 is 0. The minimum absolute atomic E-state index is 0.0878. The van der Waals surface area contributed by atoms with Crippen molar-refractivity contribution in [3.8, 4) is 17.2 Å². The molecule has 0 heterocycles. The van der Waals surface area contributed by atoms with Crippen LogP contribution >= 0.6 is 0 Å². The number of hydrogen-bond acceptors (Lipinski definition) is 4. The van der Waals surface area contributed by atoms with Gasteiger partial charge in [-0.2, -0.15) is 0 Å². The standard InChI is InChI=1S/C21H26FNO4/c1-4-17(27-18-10-6-5-9-16(18)22)21(24)23-13-7-8-15-11-12-19(25-2)20(14-15)26-3/h5-6,9-12,14,17H,4,7-8,13H2,1-3H3,(H,23,24)/t17-/m0/s1. The third-order valence-corrected chi connectivity index (χ3v) is 4.16. The molecule has 0 fully saturated rings. The second-order valence-electron chi connectivity index (χ2n) is 6.03. The van der Waals surface area contributed by atoms with Crippen molar-refractivity contribution in [2.75, 3.05) is 20.8 Å². The lowest BCUT2D eigenvalue weighted by molar-refractivity contribution is -0.128. The van der Waals surface area contributed by atoms with E-state index in [-0.39, 0.29) is 11.7 Å². The molecule has 1 atom stereocenters. The second-order valence-corrected chi connectivity index (χ2v) is 6.03. The summed E-state index contributed by atoms with van der Waals surface area (Å²) in [5.41, 5.74) is 1.09. The lowest BCUT2D eigenvalue weighted by atomic mass is 10.1. The predicted molar refractivity (Wildman–Crippen MR) is 102 cm³/mol. The molecule has 1 N–H and O–H groups in total. The van der Waals surface area contributed by atoms with Gasteiger partial charge in [-0.1, -0.05) is 25.1 Å². The molecule has 2 aromatic rings. The van der Waals surface area contributed by atoms with Crippen LogP contribution in [0.1, 0.15) is 25.3 Å². The minimum atomic E-state index is -0.719. The van der Waals surface area contributed by atoms with Crippen molar-refractivity contribution < 1.29 is 23.4 Å². The number of para-hydroxylation sites is 1. The van der Waals surface area contributed by atoms with Crippen LogP contribution in [0.4, 0.5) is 4.39 Å². The van der Waals surface area contributed by atoms with E-state index in [2.05, 4.69) is 5.32 Å². The van der Waals surface area contributed by atoms with E-state index in [0.29, 0.717) is 24.5 Å². The van der Waals surface area contributed by atoms with E-state index in [0.717, 1.165) is 18.4 Å². The Balaban J connectivity index is 1.81. The lowest BCUT2D eigenvalue weighted by Gasteiger charge is -2.17. The lowest BCUT2D eigenvalue weighted by Crippen LogP contribution is -2.38. The molecule has 2 rings (SSSR count). The van der Waals surface area contributed by atoms with Gasteiger partial charge in [0.05, 0.1) is 14.2 Å². The number of benzene rings is 2. The van der Waals surface area contributed by atoms with Crippen molar-refractivity contribution in [1.82, 2.24) is 5.32 Å². The minimum Gasteiger partial charge on any atom is -0.493 e. The van der Waals surface area contributed by atoms with Crippen LogP contribution < -0.4 is 19.5 Å². The van der Waals surface area contributed by atoms with Gasteiger partial charge in [0.1, 0.15) is 0 Å². The van der Waals surface area contributed by atoms with Crippen molar-refractivity contribution in [1.29, 1.82) is 0 Å². The Bertz CT molecular complexity index is 751. The summed E-state index contributed by atoms with van der Waals surface area (Å²) < 4.78 is 29.7. The quantitative estimate of drug-likeness (QED) is 0.643. The van der Waals surface area contributed by atoms with Gasteiger partial charge in [0, 0.05) is 6.54 Å². The molecule has 146 valence electrons. The largest absolute Gasteiger partial charge is 0.493 e. The van der Waals surface area contributed by atoms with Crippen LogP contribution in [0.5, 0.6) is 17.2 Å². The van der Waals surface area contributed by atoms with E-state index >= 15 is 0 Å². The maximum Gasteiger partial charge on any atom is 0.261 e. The van der Waals surface area contributed by atoms with Crippen LogP contribution in [0.3, 0.4) is 0 Å². The normalized spacial score (nSPS) is 11.6. The topological polar surface area (TPSA) is 56.8 Å². The molecule has 0 saturated carbocycles. The summed E-state index contributed by atoms with van der Waals surface area (Å²) in [7, 11) is 3.20. The van der Waals surface area contributed by atoms with Gasteiger partial charge in [-0.3, -0.25) is 4.79 Å². The number of ether oxygens (including phenoxy) is 3. The molecule has 0 aromatic heterocycles. The average molecular weight is 375 g/mol. The van der Waals surface area contributed by atoms with Crippen LogP contribution in [0.2, 0.25) is 0 Å². The molecule has 2 aromatic carbocycles. The third kappa shape index (κ3) is 5.88. The molecule has 6 heteroatoms. The van der Waals surface area contributed by atoms with Crippen molar-refractivity contribution in [2.45, 2.75) is 32.3 Å². The number of carbonyl (C=O) groups excluding carboxylic acids is 1. The summed E-state index contributed by atoms with van der Waals surface area (Å²) in [5.74, 6) is 0.740. The Hall–Kier alpha value is -2.76. The van der Waals surface area contributed by atoms with Crippen LogP contribution in [-0.2, 0) is 11.2 Å². The SMILES string of the molecule is CC[C@H](Oc1ccccc1F)C(=O)NCCCc1ccc(OC)c(OC)c1. The molecule has 0 radical (unpaired) electrons. The van der Waals surface area contributed by atoms with E-state index in [4.69, 9.17) is 14.2 Å². The second kappa shape index (κ2) is 10.4. The zero-order chi connectivity index (χ0) is 19.6. The zero-order valence-corrected chi connectivity index (χ0v) is 16.0.